The topological polar surface area (TPSA) is 76.2 Å². The van der Waals surface area contributed by atoms with Crippen LogP contribution in [0.15, 0.2) is 4.52 Å². The molecule has 1 aromatic heterocycles. The van der Waals surface area contributed by atoms with Gasteiger partial charge < -0.3 is 9.63 Å². The molecule has 2 heterocycles. The van der Waals surface area contributed by atoms with Crippen molar-refractivity contribution < 1.29 is 14.4 Å². The van der Waals surface area contributed by atoms with Crippen LogP contribution < -0.4 is 0 Å². The second-order valence-corrected chi connectivity index (χ2v) is 7.43. The van der Waals surface area contributed by atoms with Crippen LogP contribution in [0.1, 0.15) is 42.1 Å². The van der Waals surface area contributed by atoms with Gasteiger partial charge in [-0.25, -0.2) is 0 Å². The highest BCUT2D eigenvalue weighted by atomic mass is 32.2. The van der Waals surface area contributed by atoms with Gasteiger partial charge in [0.25, 0.3) is 0 Å². The SMILES string of the molecule is O=C(O)C1CCC(c2nc(C3CSCCS3)no2)C1. The Kier molecular flexibility index (Phi) is 4.02. The molecule has 0 aromatic carbocycles. The monoisotopic (exact) mass is 300 g/mol. The van der Waals surface area contributed by atoms with Gasteiger partial charge in [0.15, 0.2) is 5.82 Å². The molecule has 104 valence electrons. The number of carbonyl (C=O) groups is 1. The van der Waals surface area contributed by atoms with Crippen molar-refractivity contribution in [2.24, 2.45) is 5.92 Å². The lowest BCUT2D eigenvalue weighted by molar-refractivity contribution is -0.141. The number of thioether (sulfide) groups is 2. The number of rotatable bonds is 3. The molecule has 19 heavy (non-hydrogen) atoms. The number of aromatic nitrogens is 2. The first-order chi connectivity index (χ1) is 9.24. The molecular weight excluding hydrogens is 284 g/mol. The van der Waals surface area contributed by atoms with Gasteiger partial charge >= 0.3 is 5.97 Å². The molecule has 3 unspecified atom stereocenters. The standard InChI is InChI=1S/C12H16N2O3S2/c15-12(16)8-2-1-7(5-8)11-13-10(14-17-11)9-6-18-3-4-19-9/h7-9H,1-6H2,(H,15,16). The maximum atomic E-state index is 11.0. The summed E-state index contributed by atoms with van der Waals surface area (Å²) < 4.78 is 5.35. The van der Waals surface area contributed by atoms with E-state index >= 15 is 0 Å². The number of carboxylic acids is 1. The van der Waals surface area contributed by atoms with Gasteiger partial charge in [-0.3, -0.25) is 4.79 Å². The minimum atomic E-state index is -0.707. The molecule has 1 saturated heterocycles. The molecule has 0 radical (unpaired) electrons. The summed E-state index contributed by atoms with van der Waals surface area (Å²) in [5.41, 5.74) is 0. The van der Waals surface area contributed by atoms with E-state index in [2.05, 4.69) is 10.1 Å². The van der Waals surface area contributed by atoms with E-state index in [1.54, 1.807) is 0 Å². The van der Waals surface area contributed by atoms with Crippen LogP contribution in [0.4, 0.5) is 0 Å². The molecule has 7 heteroatoms. The zero-order chi connectivity index (χ0) is 13.2. The van der Waals surface area contributed by atoms with E-state index in [9.17, 15) is 4.79 Å². The number of hydrogen-bond acceptors (Lipinski definition) is 6. The molecule has 2 fully saturated rings. The van der Waals surface area contributed by atoms with Crippen LogP contribution in [-0.4, -0.2) is 38.5 Å². The normalized spacial score (nSPS) is 31.5. The number of aliphatic carboxylic acids is 1. The summed E-state index contributed by atoms with van der Waals surface area (Å²) in [5.74, 6) is 3.94. The van der Waals surface area contributed by atoms with Crippen molar-refractivity contribution in [1.82, 2.24) is 10.1 Å². The number of carboxylic acid groups (broad SMARTS) is 1. The molecule has 5 nitrogen and oxygen atoms in total. The van der Waals surface area contributed by atoms with Crippen molar-refractivity contribution in [2.75, 3.05) is 17.3 Å². The molecule has 0 spiro atoms. The molecule has 2 aliphatic rings. The maximum Gasteiger partial charge on any atom is 0.306 e. The Morgan fingerprint density at radius 2 is 2.26 bits per heavy atom. The highest BCUT2D eigenvalue weighted by molar-refractivity contribution is 8.06. The van der Waals surface area contributed by atoms with E-state index < -0.39 is 5.97 Å². The first-order valence-electron chi connectivity index (χ1n) is 6.49. The summed E-state index contributed by atoms with van der Waals surface area (Å²) >= 11 is 3.80. The summed E-state index contributed by atoms with van der Waals surface area (Å²) in [7, 11) is 0. The summed E-state index contributed by atoms with van der Waals surface area (Å²) in [6, 6.07) is 0. The third-order valence-corrected chi connectivity index (χ3v) is 6.44. The van der Waals surface area contributed by atoms with Gasteiger partial charge in [0.1, 0.15) is 0 Å². The van der Waals surface area contributed by atoms with Crippen LogP contribution in [0.25, 0.3) is 0 Å². The minimum absolute atomic E-state index is 0.128. The Labute approximate surface area is 119 Å². The third-order valence-electron chi connectivity index (χ3n) is 3.69. The van der Waals surface area contributed by atoms with E-state index in [-0.39, 0.29) is 11.8 Å². The molecule has 0 amide bonds. The van der Waals surface area contributed by atoms with Crippen LogP contribution in [-0.2, 0) is 4.79 Å². The van der Waals surface area contributed by atoms with Crippen LogP contribution in [0, 0.1) is 5.92 Å². The lowest BCUT2D eigenvalue weighted by Gasteiger charge is -2.17. The van der Waals surface area contributed by atoms with Crippen molar-refractivity contribution in [3.8, 4) is 0 Å². The lowest BCUT2D eigenvalue weighted by atomic mass is 10.1. The van der Waals surface area contributed by atoms with Gasteiger partial charge in [0.2, 0.25) is 5.89 Å². The van der Waals surface area contributed by atoms with Crippen LogP contribution in [0.5, 0.6) is 0 Å². The molecule has 1 aliphatic carbocycles. The fourth-order valence-electron chi connectivity index (χ4n) is 2.61. The minimum Gasteiger partial charge on any atom is -0.481 e. The van der Waals surface area contributed by atoms with Crippen molar-refractivity contribution in [3.63, 3.8) is 0 Å². The van der Waals surface area contributed by atoms with Crippen molar-refractivity contribution in [3.05, 3.63) is 11.7 Å². The average molecular weight is 300 g/mol. The summed E-state index contributed by atoms with van der Waals surface area (Å²) in [5, 5.41) is 13.4. The molecule has 1 N–H and O–H groups in total. The summed E-state index contributed by atoms with van der Waals surface area (Å²) in [4.78, 5) is 15.5. The van der Waals surface area contributed by atoms with Crippen molar-refractivity contribution >= 4 is 29.5 Å². The van der Waals surface area contributed by atoms with E-state index in [4.69, 9.17) is 9.63 Å². The molecule has 0 bridgehead atoms. The fraction of sp³-hybridized carbons (Fsp3) is 0.750. The summed E-state index contributed by atoms with van der Waals surface area (Å²) in [6.07, 6.45) is 2.18. The second kappa shape index (κ2) is 5.75. The molecule has 1 aliphatic heterocycles. The van der Waals surface area contributed by atoms with E-state index in [0.29, 0.717) is 24.0 Å². The zero-order valence-corrected chi connectivity index (χ0v) is 12.1. The van der Waals surface area contributed by atoms with E-state index in [1.807, 2.05) is 23.5 Å². The first kappa shape index (κ1) is 13.3. The highest BCUT2D eigenvalue weighted by Crippen LogP contribution is 2.40. The quantitative estimate of drug-likeness (QED) is 0.919. The third kappa shape index (κ3) is 2.91. The predicted octanol–water partition coefficient (Wildman–Crippen LogP) is 2.56. The zero-order valence-electron chi connectivity index (χ0n) is 10.4. The number of hydrogen-bond donors (Lipinski definition) is 1. The smallest absolute Gasteiger partial charge is 0.306 e. The van der Waals surface area contributed by atoms with Crippen LogP contribution >= 0.6 is 23.5 Å². The largest absolute Gasteiger partial charge is 0.481 e. The molecule has 3 atom stereocenters. The maximum absolute atomic E-state index is 11.0. The van der Waals surface area contributed by atoms with Crippen LogP contribution in [0.3, 0.4) is 0 Å². The van der Waals surface area contributed by atoms with E-state index in [0.717, 1.165) is 23.8 Å². The average Bonchev–Trinajstić information content (AvgIpc) is 3.09. The molecule has 1 aromatic rings. The van der Waals surface area contributed by atoms with Gasteiger partial charge in [-0.05, 0) is 19.3 Å². The van der Waals surface area contributed by atoms with Gasteiger partial charge in [-0.1, -0.05) is 5.16 Å². The van der Waals surface area contributed by atoms with E-state index in [1.165, 1.54) is 5.75 Å². The van der Waals surface area contributed by atoms with Gasteiger partial charge in [-0.15, -0.1) is 11.8 Å². The van der Waals surface area contributed by atoms with Crippen molar-refractivity contribution in [1.29, 1.82) is 0 Å². The molecule has 1 saturated carbocycles. The second-order valence-electron chi connectivity index (χ2n) is 4.97. The Bertz CT molecular complexity index is 460. The Hall–Kier alpha value is -0.690. The Morgan fingerprint density at radius 3 is 2.95 bits per heavy atom. The predicted molar refractivity (Wildman–Crippen MR) is 74.5 cm³/mol. The summed E-state index contributed by atoms with van der Waals surface area (Å²) in [6.45, 7) is 0. The fourth-order valence-corrected chi connectivity index (χ4v) is 5.20. The first-order valence-corrected chi connectivity index (χ1v) is 8.70. The highest BCUT2D eigenvalue weighted by Gasteiger charge is 2.34. The molecular formula is C12H16N2O3S2. The number of nitrogens with zero attached hydrogens (tertiary/aromatic N) is 2. The van der Waals surface area contributed by atoms with Gasteiger partial charge in [-0.2, -0.15) is 16.7 Å². The van der Waals surface area contributed by atoms with Gasteiger partial charge in [0, 0.05) is 23.2 Å². The Balaban J connectivity index is 1.66. The van der Waals surface area contributed by atoms with Crippen LogP contribution in [0.2, 0.25) is 0 Å². The Morgan fingerprint density at radius 1 is 1.37 bits per heavy atom. The van der Waals surface area contributed by atoms with Crippen molar-refractivity contribution in [2.45, 2.75) is 30.4 Å². The lowest BCUT2D eigenvalue weighted by Crippen LogP contribution is -2.09. The molecule has 3 rings (SSSR count). The van der Waals surface area contributed by atoms with Gasteiger partial charge in [0.05, 0.1) is 11.2 Å².